The van der Waals surface area contributed by atoms with Crippen LogP contribution in [0.5, 0.6) is 5.88 Å². The maximum Gasteiger partial charge on any atom is 0.358 e. The van der Waals surface area contributed by atoms with Gasteiger partial charge in [0.1, 0.15) is 9.67 Å². The first-order valence-electron chi connectivity index (χ1n) is 5.17. The van der Waals surface area contributed by atoms with Crippen molar-refractivity contribution in [2.24, 2.45) is 0 Å². The SMILES string of the molecule is COC(=O)c1nc(Cl)nc(O[C@@H]2CCOC2)c1I. The Morgan fingerprint density at radius 3 is 2.94 bits per heavy atom. The van der Waals surface area contributed by atoms with Crippen LogP contribution in [0.15, 0.2) is 0 Å². The van der Waals surface area contributed by atoms with Crippen LogP contribution in [0.3, 0.4) is 0 Å². The number of ether oxygens (including phenoxy) is 3. The Hall–Kier alpha value is -0.670. The monoisotopic (exact) mass is 384 g/mol. The summed E-state index contributed by atoms with van der Waals surface area (Å²) < 4.78 is 16.0. The highest BCUT2D eigenvalue weighted by Gasteiger charge is 2.24. The van der Waals surface area contributed by atoms with Crippen molar-refractivity contribution in [3.8, 4) is 5.88 Å². The quantitative estimate of drug-likeness (QED) is 0.449. The summed E-state index contributed by atoms with van der Waals surface area (Å²) >= 11 is 7.70. The van der Waals surface area contributed by atoms with E-state index in [1.165, 1.54) is 7.11 Å². The summed E-state index contributed by atoms with van der Waals surface area (Å²) in [6.07, 6.45) is 0.709. The first-order chi connectivity index (χ1) is 8.61. The van der Waals surface area contributed by atoms with Crippen molar-refractivity contribution in [1.82, 2.24) is 9.97 Å². The van der Waals surface area contributed by atoms with Gasteiger partial charge in [-0.2, -0.15) is 4.98 Å². The third-order valence-corrected chi connectivity index (χ3v) is 3.48. The average Bonchev–Trinajstić information content (AvgIpc) is 2.85. The van der Waals surface area contributed by atoms with Gasteiger partial charge in [0.2, 0.25) is 11.2 Å². The smallest absolute Gasteiger partial charge is 0.358 e. The Labute approximate surface area is 122 Å². The predicted octanol–water partition coefficient (Wildman–Crippen LogP) is 1.69. The van der Waals surface area contributed by atoms with Crippen LogP contribution in [-0.4, -0.2) is 42.4 Å². The molecule has 1 aromatic heterocycles. The number of carbonyl (C=O) groups excluding carboxylic acids is 1. The largest absolute Gasteiger partial charge is 0.471 e. The molecule has 98 valence electrons. The maximum atomic E-state index is 11.5. The van der Waals surface area contributed by atoms with Gasteiger partial charge in [0.05, 0.1) is 20.3 Å². The van der Waals surface area contributed by atoms with Crippen LogP contribution in [0.4, 0.5) is 0 Å². The van der Waals surface area contributed by atoms with Crippen molar-refractivity contribution in [1.29, 1.82) is 0 Å². The Balaban J connectivity index is 2.28. The molecule has 0 bridgehead atoms. The Bertz CT molecular complexity index is 465. The number of esters is 1. The molecule has 0 aromatic carbocycles. The zero-order chi connectivity index (χ0) is 13.1. The van der Waals surface area contributed by atoms with Gasteiger partial charge < -0.3 is 14.2 Å². The number of halogens is 2. The van der Waals surface area contributed by atoms with Gasteiger partial charge in [0.25, 0.3) is 0 Å². The lowest BCUT2D eigenvalue weighted by Gasteiger charge is -2.13. The summed E-state index contributed by atoms with van der Waals surface area (Å²) in [5, 5.41) is -0.0512. The minimum atomic E-state index is -0.573. The molecule has 1 aromatic rings. The summed E-state index contributed by atoms with van der Waals surface area (Å²) in [6, 6.07) is 0. The highest BCUT2D eigenvalue weighted by molar-refractivity contribution is 14.1. The molecule has 1 atom stereocenters. The molecule has 0 N–H and O–H groups in total. The van der Waals surface area contributed by atoms with Gasteiger partial charge in [-0.3, -0.25) is 0 Å². The zero-order valence-electron chi connectivity index (χ0n) is 9.48. The molecule has 2 rings (SSSR count). The molecule has 18 heavy (non-hydrogen) atoms. The van der Waals surface area contributed by atoms with Crippen LogP contribution in [0.2, 0.25) is 5.28 Å². The summed E-state index contributed by atoms with van der Waals surface area (Å²) in [7, 11) is 1.28. The Kier molecular flexibility index (Phi) is 4.57. The molecule has 1 aliphatic heterocycles. The fourth-order valence-corrected chi connectivity index (χ4v) is 2.22. The third-order valence-electron chi connectivity index (χ3n) is 2.34. The van der Waals surface area contributed by atoms with Crippen LogP contribution in [-0.2, 0) is 9.47 Å². The molecule has 0 saturated carbocycles. The molecule has 1 aliphatic rings. The standard InChI is InChI=1S/C10H10ClIN2O4/c1-16-9(15)7-6(12)8(14-10(11)13-7)18-5-2-3-17-4-5/h5H,2-4H2,1H3/t5-/m1/s1. The Morgan fingerprint density at radius 2 is 2.33 bits per heavy atom. The average molecular weight is 385 g/mol. The number of hydrogen-bond donors (Lipinski definition) is 0. The van der Waals surface area contributed by atoms with Gasteiger partial charge in [-0.15, -0.1) is 0 Å². The molecule has 2 heterocycles. The number of methoxy groups -OCH3 is 1. The maximum absolute atomic E-state index is 11.5. The summed E-state index contributed by atoms with van der Waals surface area (Å²) in [5.74, 6) is -0.289. The molecule has 8 heteroatoms. The van der Waals surface area contributed by atoms with Crippen molar-refractivity contribution in [2.45, 2.75) is 12.5 Å². The topological polar surface area (TPSA) is 70.5 Å². The van der Waals surface area contributed by atoms with Gasteiger partial charge in [0.15, 0.2) is 5.69 Å². The molecular formula is C10H10ClIN2O4. The zero-order valence-corrected chi connectivity index (χ0v) is 12.4. The molecule has 0 spiro atoms. The van der Waals surface area contributed by atoms with Crippen LogP contribution >= 0.6 is 34.2 Å². The van der Waals surface area contributed by atoms with Crippen molar-refractivity contribution in [2.75, 3.05) is 20.3 Å². The van der Waals surface area contributed by atoms with Gasteiger partial charge in [-0.05, 0) is 34.2 Å². The lowest BCUT2D eigenvalue weighted by molar-refractivity contribution is 0.0590. The molecule has 1 fully saturated rings. The lowest BCUT2D eigenvalue weighted by atomic mass is 10.3. The van der Waals surface area contributed by atoms with E-state index in [2.05, 4.69) is 14.7 Å². The second kappa shape index (κ2) is 5.98. The van der Waals surface area contributed by atoms with E-state index in [1.54, 1.807) is 0 Å². The highest BCUT2D eigenvalue weighted by Crippen LogP contribution is 2.25. The van der Waals surface area contributed by atoms with E-state index in [-0.39, 0.29) is 23.0 Å². The van der Waals surface area contributed by atoms with E-state index in [0.717, 1.165) is 6.42 Å². The minimum Gasteiger partial charge on any atom is -0.471 e. The van der Waals surface area contributed by atoms with Crippen LogP contribution in [0.25, 0.3) is 0 Å². The second-order valence-corrected chi connectivity index (χ2v) is 4.97. The van der Waals surface area contributed by atoms with Gasteiger partial charge in [0, 0.05) is 6.42 Å². The fraction of sp³-hybridized carbons (Fsp3) is 0.500. The second-order valence-electron chi connectivity index (χ2n) is 3.56. The molecule has 0 unspecified atom stereocenters. The van der Waals surface area contributed by atoms with E-state index in [4.69, 9.17) is 21.1 Å². The molecular weight excluding hydrogens is 374 g/mol. The number of nitrogens with zero attached hydrogens (tertiary/aromatic N) is 2. The fourth-order valence-electron chi connectivity index (χ4n) is 1.47. The van der Waals surface area contributed by atoms with Gasteiger partial charge in [-0.1, -0.05) is 0 Å². The highest BCUT2D eigenvalue weighted by atomic mass is 127. The summed E-state index contributed by atoms with van der Waals surface area (Å²) in [5.41, 5.74) is 0.104. The van der Waals surface area contributed by atoms with E-state index in [9.17, 15) is 4.79 Å². The van der Waals surface area contributed by atoms with Crippen molar-refractivity contribution in [3.05, 3.63) is 14.5 Å². The van der Waals surface area contributed by atoms with Crippen molar-refractivity contribution < 1.29 is 19.0 Å². The molecule has 0 amide bonds. The molecule has 6 nitrogen and oxygen atoms in total. The predicted molar refractivity (Wildman–Crippen MR) is 71.0 cm³/mol. The Morgan fingerprint density at radius 1 is 1.56 bits per heavy atom. The number of carbonyl (C=O) groups is 1. The molecule has 0 aliphatic carbocycles. The summed E-state index contributed by atoms with van der Waals surface area (Å²) in [4.78, 5) is 19.3. The molecule has 1 saturated heterocycles. The first kappa shape index (κ1) is 13.8. The van der Waals surface area contributed by atoms with E-state index >= 15 is 0 Å². The number of rotatable bonds is 3. The minimum absolute atomic E-state index is 0.0512. The normalized spacial score (nSPS) is 18.7. The van der Waals surface area contributed by atoms with Gasteiger partial charge >= 0.3 is 5.97 Å². The lowest BCUT2D eigenvalue weighted by Crippen LogP contribution is -2.19. The first-order valence-corrected chi connectivity index (χ1v) is 6.63. The molecule has 0 radical (unpaired) electrons. The van der Waals surface area contributed by atoms with E-state index < -0.39 is 5.97 Å². The van der Waals surface area contributed by atoms with Crippen molar-refractivity contribution >= 4 is 40.2 Å². The van der Waals surface area contributed by atoms with E-state index in [0.29, 0.717) is 16.8 Å². The van der Waals surface area contributed by atoms with Crippen molar-refractivity contribution in [3.63, 3.8) is 0 Å². The number of aromatic nitrogens is 2. The van der Waals surface area contributed by atoms with Gasteiger partial charge in [-0.25, -0.2) is 9.78 Å². The summed E-state index contributed by atoms with van der Waals surface area (Å²) in [6.45, 7) is 1.16. The van der Waals surface area contributed by atoms with Crippen LogP contribution in [0.1, 0.15) is 16.9 Å². The number of hydrogen-bond acceptors (Lipinski definition) is 6. The third kappa shape index (κ3) is 3.01. The van der Waals surface area contributed by atoms with Crippen LogP contribution < -0.4 is 4.74 Å². The van der Waals surface area contributed by atoms with E-state index in [1.807, 2.05) is 22.6 Å². The van der Waals surface area contributed by atoms with Crippen LogP contribution in [0, 0.1) is 3.57 Å².